The topological polar surface area (TPSA) is 163 Å². The quantitative estimate of drug-likeness (QED) is 0.0862. The molecule has 0 radical (unpaired) electrons. The summed E-state index contributed by atoms with van der Waals surface area (Å²) in [5.41, 5.74) is 6.44. The van der Waals surface area contributed by atoms with Crippen molar-refractivity contribution in [3.05, 3.63) is 54.2 Å². The van der Waals surface area contributed by atoms with Gasteiger partial charge in [0.1, 0.15) is 30.1 Å². The normalized spacial score (nSPS) is 19.4. The number of nitrogens with zero attached hydrogens (tertiary/aromatic N) is 6. The van der Waals surface area contributed by atoms with Crippen LogP contribution in [0.3, 0.4) is 0 Å². The van der Waals surface area contributed by atoms with Crippen LogP contribution in [0.2, 0.25) is 0 Å². The van der Waals surface area contributed by atoms with Crippen molar-refractivity contribution in [2.75, 3.05) is 36.7 Å². The Balaban J connectivity index is 1.52. The van der Waals surface area contributed by atoms with E-state index in [4.69, 9.17) is 19.5 Å². The number of benzene rings is 1. The fraction of sp³-hybridized carbons (Fsp3) is 0.529. The lowest BCUT2D eigenvalue weighted by molar-refractivity contribution is -0.0529. The van der Waals surface area contributed by atoms with E-state index in [0.717, 1.165) is 12.1 Å². The maximum Gasteiger partial charge on any atom is 0.350 e. The average Bonchev–Trinajstić information content (AvgIpc) is 3.53. The number of aliphatic hydroxyl groups excluding tert-OH is 1. The molecule has 4 atom stereocenters. The van der Waals surface area contributed by atoms with E-state index in [1.807, 2.05) is 27.7 Å². The number of ether oxygens (including phenoxy) is 1. The molecule has 1 aliphatic rings. The second-order valence-corrected chi connectivity index (χ2v) is 15.0. The molecule has 1 aromatic carbocycles. The Labute approximate surface area is 299 Å². The Bertz CT molecular complexity index is 1890. The zero-order chi connectivity index (χ0) is 37.8. The summed E-state index contributed by atoms with van der Waals surface area (Å²) in [6.07, 6.45) is 0.184. The highest BCUT2D eigenvalue weighted by atomic mass is 31.2. The van der Waals surface area contributed by atoms with Crippen molar-refractivity contribution in [1.29, 1.82) is 0 Å². The van der Waals surface area contributed by atoms with E-state index in [1.165, 1.54) is 26.0 Å². The number of hydrogen-bond donors (Lipinski definition) is 3. The van der Waals surface area contributed by atoms with Gasteiger partial charge in [-0.05, 0) is 57.2 Å². The summed E-state index contributed by atoms with van der Waals surface area (Å²) in [4.78, 5) is 19.4. The smallest absolute Gasteiger partial charge is 0.350 e. The highest BCUT2D eigenvalue weighted by Gasteiger charge is 2.43. The van der Waals surface area contributed by atoms with Crippen LogP contribution in [-0.4, -0.2) is 86.4 Å². The molecule has 2 unspecified atom stereocenters. The number of nitrogens with two attached hydrogens (primary N) is 1. The van der Waals surface area contributed by atoms with Gasteiger partial charge >= 0.3 is 7.60 Å². The van der Waals surface area contributed by atoms with Crippen molar-refractivity contribution in [2.24, 2.45) is 5.73 Å². The molecule has 13 nitrogen and oxygen atoms in total. The number of halogens is 4. The molecule has 1 aliphatic heterocycles. The first kappa shape index (κ1) is 39.3. The molecule has 0 aliphatic carbocycles. The highest BCUT2D eigenvalue weighted by Crippen LogP contribution is 2.51. The fourth-order valence-electron chi connectivity index (χ4n) is 6.02. The number of methoxy groups -OCH3 is 1. The molecule has 0 bridgehead atoms. The van der Waals surface area contributed by atoms with Gasteiger partial charge in [0.2, 0.25) is 0 Å². The Morgan fingerprint density at radius 3 is 2.42 bits per heavy atom. The van der Waals surface area contributed by atoms with Gasteiger partial charge in [0.05, 0.1) is 55.3 Å². The van der Waals surface area contributed by atoms with Crippen LogP contribution in [0.25, 0.3) is 22.4 Å². The third kappa shape index (κ3) is 8.66. The molecule has 4 aromatic rings. The number of anilines is 2. The first-order valence-corrected chi connectivity index (χ1v) is 18.8. The molecule has 4 heterocycles. The predicted molar refractivity (Wildman–Crippen MR) is 189 cm³/mol. The lowest BCUT2D eigenvalue weighted by atomic mass is 9.84. The Kier molecular flexibility index (Phi) is 12.4. The van der Waals surface area contributed by atoms with Gasteiger partial charge in [-0.1, -0.05) is 13.8 Å². The summed E-state index contributed by atoms with van der Waals surface area (Å²) in [6, 6.07) is 3.47. The van der Waals surface area contributed by atoms with E-state index < -0.39 is 37.3 Å². The second-order valence-electron chi connectivity index (χ2n) is 13.1. The SMILES string of the molecule is CCC(C)OP(=O)(CNc1ncnc2c1ncn2Cc1cc(-c2cc(F)c(OC)cc2F)ncc1N1CCC[C@](N)([C@H](O)C(F)F)C1)OC(C)CC. The number of alkyl halides is 2. The van der Waals surface area contributed by atoms with Crippen molar-refractivity contribution in [3.63, 3.8) is 0 Å². The average molecular weight is 753 g/mol. The molecular formula is C34H45F4N8O5P. The molecule has 1 saturated heterocycles. The minimum atomic E-state index is -3.61. The molecule has 5 rings (SSSR count). The molecule has 0 amide bonds. The van der Waals surface area contributed by atoms with E-state index in [1.54, 1.807) is 15.5 Å². The van der Waals surface area contributed by atoms with E-state index in [0.29, 0.717) is 48.2 Å². The van der Waals surface area contributed by atoms with Crippen molar-refractivity contribution in [1.82, 2.24) is 24.5 Å². The first-order valence-electron chi connectivity index (χ1n) is 17.1. The zero-order valence-corrected chi connectivity index (χ0v) is 30.6. The van der Waals surface area contributed by atoms with Gasteiger partial charge in [0, 0.05) is 24.7 Å². The van der Waals surface area contributed by atoms with Gasteiger partial charge in [-0.15, -0.1) is 0 Å². The van der Waals surface area contributed by atoms with Crippen LogP contribution < -0.4 is 20.7 Å². The molecule has 3 aromatic heterocycles. The Hall–Kier alpha value is -3.89. The lowest BCUT2D eigenvalue weighted by Crippen LogP contribution is -2.63. The van der Waals surface area contributed by atoms with Crippen LogP contribution in [0, 0.1) is 11.6 Å². The van der Waals surface area contributed by atoms with Crippen LogP contribution in [0.1, 0.15) is 58.9 Å². The third-order valence-electron chi connectivity index (χ3n) is 9.22. The summed E-state index contributed by atoms with van der Waals surface area (Å²) in [7, 11) is -2.38. The maximum atomic E-state index is 15.2. The molecular weight excluding hydrogens is 707 g/mol. The fourth-order valence-corrected chi connectivity index (χ4v) is 7.95. The van der Waals surface area contributed by atoms with Gasteiger partial charge < -0.3 is 39.4 Å². The van der Waals surface area contributed by atoms with E-state index in [9.17, 15) is 22.8 Å². The van der Waals surface area contributed by atoms with Crippen LogP contribution in [-0.2, 0) is 20.2 Å². The van der Waals surface area contributed by atoms with Gasteiger partial charge in [0.15, 0.2) is 23.0 Å². The number of rotatable bonds is 16. The van der Waals surface area contributed by atoms with Crippen LogP contribution in [0.15, 0.2) is 37.1 Å². The predicted octanol–water partition coefficient (Wildman–Crippen LogP) is 6.34. The molecule has 0 saturated carbocycles. The number of pyridine rings is 1. The summed E-state index contributed by atoms with van der Waals surface area (Å²) in [5.74, 6) is -1.55. The summed E-state index contributed by atoms with van der Waals surface area (Å²) < 4.78 is 89.2. The molecule has 18 heteroatoms. The summed E-state index contributed by atoms with van der Waals surface area (Å²) in [6.45, 7) is 7.82. The number of piperidine rings is 1. The first-order chi connectivity index (χ1) is 24.7. The lowest BCUT2D eigenvalue weighted by Gasteiger charge is -2.44. The monoisotopic (exact) mass is 752 g/mol. The number of imidazole rings is 1. The van der Waals surface area contributed by atoms with Gasteiger partial charge in [-0.25, -0.2) is 32.5 Å². The van der Waals surface area contributed by atoms with Crippen molar-refractivity contribution in [3.8, 4) is 17.0 Å². The maximum absolute atomic E-state index is 15.2. The van der Waals surface area contributed by atoms with E-state index in [2.05, 4.69) is 25.3 Å². The number of fused-ring (bicyclic) bond motifs is 1. The highest BCUT2D eigenvalue weighted by molar-refractivity contribution is 7.54. The van der Waals surface area contributed by atoms with Gasteiger partial charge in [-0.2, -0.15) is 0 Å². The molecule has 52 heavy (non-hydrogen) atoms. The van der Waals surface area contributed by atoms with Crippen molar-refractivity contribution < 1.29 is 41.0 Å². The number of hydrogen-bond acceptors (Lipinski definition) is 12. The van der Waals surface area contributed by atoms with Gasteiger partial charge in [0.25, 0.3) is 6.43 Å². The standard InChI is InChI=1S/C34H45F4N8O5P/c1-6-20(3)50-52(48,51-21(4)7-2)19-44-32-29-33(42-17-41-32)46(18-43-29)15-22-11-26(23-12-25(36)28(49-5)13-24(23)35)40-14-27(22)45-10-8-9-34(39,16-45)30(47)31(37)38/h11-14,17-18,20-21,30-31,47H,6-10,15-16,19,39H2,1-5H3,(H,41,42,44)/t20?,21?,30-,34-,52?/m1/s1. The Morgan fingerprint density at radius 1 is 1.06 bits per heavy atom. The molecule has 284 valence electrons. The minimum absolute atomic E-state index is 0.0658. The van der Waals surface area contributed by atoms with Crippen molar-refractivity contribution in [2.45, 2.75) is 90.2 Å². The number of nitrogens with one attached hydrogen (secondary N) is 1. The molecule has 4 N–H and O–H groups in total. The summed E-state index contributed by atoms with van der Waals surface area (Å²) in [5, 5.41) is 13.4. The molecule has 1 fully saturated rings. The van der Waals surface area contributed by atoms with E-state index >= 15 is 4.39 Å². The van der Waals surface area contributed by atoms with Crippen molar-refractivity contribution >= 4 is 30.3 Å². The van der Waals surface area contributed by atoms with E-state index in [-0.39, 0.29) is 60.8 Å². The Morgan fingerprint density at radius 2 is 1.77 bits per heavy atom. The van der Waals surface area contributed by atoms with Crippen LogP contribution >= 0.6 is 7.60 Å². The zero-order valence-electron chi connectivity index (χ0n) is 29.7. The number of aromatic nitrogens is 5. The van der Waals surface area contributed by atoms with Gasteiger partial charge in [-0.3, -0.25) is 9.55 Å². The number of aliphatic hydroxyl groups is 1. The largest absolute Gasteiger partial charge is 0.494 e. The van der Waals surface area contributed by atoms with Crippen LogP contribution in [0.4, 0.5) is 29.1 Å². The molecule has 0 spiro atoms. The second kappa shape index (κ2) is 16.4. The summed E-state index contributed by atoms with van der Waals surface area (Å²) >= 11 is 0. The third-order valence-corrected chi connectivity index (χ3v) is 11.1. The minimum Gasteiger partial charge on any atom is -0.494 e. The van der Waals surface area contributed by atoms with Crippen LogP contribution in [0.5, 0.6) is 5.75 Å².